The second-order valence-corrected chi connectivity index (χ2v) is 6.49. The second-order valence-electron chi connectivity index (χ2n) is 4.63. The van der Waals surface area contributed by atoms with Gasteiger partial charge < -0.3 is 5.32 Å². The van der Waals surface area contributed by atoms with Gasteiger partial charge in [0.1, 0.15) is 0 Å². The Kier molecular flexibility index (Phi) is 4.43. The Bertz CT molecular complexity index is 398. The molecule has 0 aliphatic carbocycles. The quantitative estimate of drug-likeness (QED) is 0.812. The van der Waals surface area contributed by atoms with Gasteiger partial charge in [0.2, 0.25) is 15.9 Å². The van der Waals surface area contributed by atoms with Crippen LogP contribution in [0.15, 0.2) is 0 Å². The molecular formula is C10H19ClN2O3S. The summed E-state index contributed by atoms with van der Waals surface area (Å²) in [5.74, 6) is -0.376. The van der Waals surface area contributed by atoms with Crippen molar-refractivity contribution in [2.45, 2.75) is 38.3 Å². The number of carbonyl (C=O) groups excluding carboxylic acids is 1. The normalized spacial score (nSPS) is 32.5. The predicted octanol–water partition coefficient (Wildman–Crippen LogP) is 0.357. The fraction of sp³-hybridized carbons (Fsp3) is 0.900. The van der Waals surface area contributed by atoms with Crippen molar-refractivity contribution in [1.29, 1.82) is 0 Å². The van der Waals surface area contributed by atoms with Crippen molar-refractivity contribution in [2.24, 2.45) is 5.92 Å². The van der Waals surface area contributed by atoms with Crippen molar-refractivity contribution in [3.05, 3.63) is 0 Å². The second kappa shape index (κ2) is 5.12. The molecule has 2 saturated heterocycles. The van der Waals surface area contributed by atoms with Crippen LogP contribution in [0.3, 0.4) is 0 Å². The lowest BCUT2D eigenvalue weighted by atomic mass is 9.95. The van der Waals surface area contributed by atoms with E-state index in [1.165, 1.54) is 0 Å². The number of hydrogen-bond donors (Lipinski definition) is 1. The van der Waals surface area contributed by atoms with Crippen molar-refractivity contribution >= 4 is 28.3 Å². The first-order valence-electron chi connectivity index (χ1n) is 5.73. The van der Waals surface area contributed by atoms with Crippen LogP contribution in [-0.2, 0) is 14.8 Å². The number of hydrogen-bond acceptors (Lipinski definition) is 4. The topological polar surface area (TPSA) is 66.5 Å². The predicted molar refractivity (Wildman–Crippen MR) is 67.5 cm³/mol. The minimum Gasteiger partial charge on any atom is -0.311 e. The third kappa shape index (κ3) is 2.44. The molecule has 2 aliphatic heterocycles. The molecule has 1 N–H and O–H groups in total. The Morgan fingerprint density at radius 3 is 2.65 bits per heavy atom. The molecule has 0 aromatic heterocycles. The van der Waals surface area contributed by atoms with Crippen molar-refractivity contribution in [2.75, 3.05) is 12.8 Å². The molecule has 0 radical (unpaired) electrons. The van der Waals surface area contributed by atoms with Crippen molar-refractivity contribution < 1.29 is 13.2 Å². The first kappa shape index (κ1) is 14.7. The maximum Gasteiger partial charge on any atom is 0.241 e. The van der Waals surface area contributed by atoms with E-state index in [0.717, 1.165) is 36.4 Å². The fourth-order valence-corrected chi connectivity index (χ4v) is 4.08. The van der Waals surface area contributed by atoms with Crippen molar-refractivity contribution in [3.8, 4) is 0 Å². The molecule has 2 aliphatic rings. The molecular weight excluding hydrogens is 264 g/mol. The highest BCUT2D eigenvalue weighted by molar-refractivity contribution is 7.88. The van der Waals surface area contributed by atoms with Gasteiger partial charge >= 0.3 is 0 Å². The number of rotatable bonds is 3. The molecule has 2 fully saturated rings. The van der Waals surface area contributed by atoms with E-state index in [4.69, 9.17) is 0 Å². The van der Waals surface area contributed by atoms with Gasteiger partial charge in [-0.25, -0.2) is 12.7 Å². The molecule has 0 aromatic rings. The first-order chi connectivity index (χ1) is 7.46. The number of halogens is 1. The van der Waals surface area contributed by atoms with Crippen LogP contribution in [0.1, 0.15) is 26.2 Å². The van der Waals surface area contributed by atoms with Crippen LogP contribution in [0.2, 0.25) is 0 Å². The zero-order valence-corrected chi connectivity index (χ0v) is 11.7. The molecule has 0 saturated carbocycles. The number of nitrogens with zero attached hydrogens (tertiary/aromatic N) is 1. The van der Waals surface area contributed by atoms with Crippen LogP contribution < -0.4 is 5.32 Å². The molecule has 3 unspecified atom stereocenters. The van der Waals surface area contributed by atoms with Gasteiger partial charge in [-0.15, -0.1) is 12.4 Å². The minimum absolute atomic E-state index is 0. The average molecular weight is 283 g/mol. The SMILES string of the molecule is CCCC1C(=O)N(S(C)(=O)=O)C2CCNC12.Cl. The monoisotopic (exact) mass is 282 g/mol. The molecule has 0 bridgehead atoms. The maximum absolute atomic E-state index is 12.1. The van der Waals surface area contributed by atoms with Gasteiger partial charge in [0, 0.05) is 6.04 Å². The fourth-order valence-electron chi connectivity index (χ4n) is 2.89. The standard InChI is InChI=1S/C10H18N2O3S.ClH/c1-3-4-7-9-8(5-6-11-9)12(10(7)13)16(2,14)15;/h7-9,11H,3-6H2,1-2H3;1H. The number of sulfonamides is 1. The third-order valence-corrected chi connectivity index (χ3v) is 4.63. The van der Waals surface area contributed by atoms with Gasteiger partial charge in [-0.3, -0.25) is 4.79 Å². The third-order valence-electron chi connectivity index (χ3n) is 3.46. The molecule has 7 heteroatoms. The summed E-state index contributed by atoms with van der Waals surface area (Å²) in [6.07, 6.45) is 3.52. The van der Waals surface area contributed by atoms with E-state index >= 15 is 0 Å². The number of carbonyl (C=O) groups is 1. The summed E-state index contributed by atoms with van der Waals surface area (Å²) in [5.41, 5.74) is 0. The molecule has 2 rings (SSSR count). The van der Waals surface area contributed by atoms with E-state index in [-0.39, 0.29) is 36.3 Å². The highest BCUT2D eigenvalue weighted by atomic mass is 35.5. The Morgan fingerprint density at radius 2 is 2.12 bits per heavy atom. The molecule has 0 spiro atoms. The Hall–Kier alpha value is -0.330. The van der Waals surface area contributed by atoms with Crippen LogP contribution in [-0.4, -0.2) is 43.5 Å². The summed E-state index contributed by atoms with van der Waals surface area (Å²) >= 11 is 0. The van der Waals surface area contributed by atoms with Crippen molar-refractivity contribution in [3.63, 3.8) is 0 Å². The summed E-state index contributed by atoms with van der Waals surface area (Å²) in [4.78, 5) is 12.1. The maximum atomic E-state index is 12.1. The zero-order chi connectivity index (χ0) is 11.9. The van der Waals surface area contributed by atoms with E-state index in [9.17, 15) is 13.2 Å². The molecule has 0 aromatic carbocycles. The van der Waals surface area contributed by atoms with E-state index in [0.29, 0.717) is 0 Å². The average Bonchev–Trinajstić information content (AvgIpc) is 2.68. The van der Waals surface area contributed by atoms with Crippen molar-refractivity contribution in [1.82, 2.24) is 9.62 Å². The molecule has 17 heavy (non-hydrogen) atoms. The number of nitrogens with one attached hydrogen (secondary N) is 1. The van der Waals surface area contributed by atoms with Gasteiger partial charge in [-0.2, -0.15) is 0 Å². The lowest BCUT2D eigenvalue weighted by molar-refractivity contribution is -0.128. The van der Waals surface area contributed by atoms with Crippen LogP contribution in [0, 0.1) is 5.92 Å². The molecule has 2 heterocycles. The first-order valence-corrected chi connectivity index (χ1v) is 7.58. The van der Waals surface area contributed by atoms with E-state index < -0.39 is 10.0 Å². The van der Waals surface area contributed by atoms with E-state index in [2.05, 4.69) is 5.32 Å². The molecule has 1 amide bonds. The summed E-state index contributed by atoms with van der Waals surface area (Å²) in [7, 11) is -3.41. The van der Waals surface area contributed by atoms with E-state index in [1.807, 2.05) is 6.92 Å². The van der Waals surface area contributed by atoms with Crippen LogP contribution in [0.25, 0.3) is 0 Å². The van der Waals surface area contributed by atoms with Gasteiger partial charge in [-0.1, -0.05) is 13.3 Å². The zero-order valence-electron chi connectivity index (χ0n) is 10.0. The number of fused-ring (bicyclic) bond motifs is 1. The molecule has 5 nitrogen and oxygen atoms in total. The summed E-state index contributed by atoms with van der Waals surface area (Å²) in [6.45, 7) is 2.81. The van der Waals surface area contributed by atoms with Gasteiger partial charge in [0.05, 0.1) is 18.2 Å². The highest BCUT2D eigenvalue weighted by Crippen LogP contribution is 2.34. The van der Waals surface area contributed by atoms with Gasteiger partial charge in [0.15, 0.2) is 0 Å². The largest absolute Gasteiger partial charge is 0.311 e. The van der Waals surface area contributed by atoms with Gasteiger partial charge in [0.25, 0.3) is 0 Å². The Morgan fingerprint density at radius 1 is 1.47 bits per heavy atom. The van der Waals surface area contributed by atoms with Crippen LogP contribution in [0.5, 0.6) is 0 Å². The van der Waals surface area contributed by atoms with Crippen LogP contribution in [0.4, 0.5) is 0 Å². The lowest BCUT2D eigenvalue weighted by Gasteiger charge is -2.20. The minimum atomic E-state index is -3.41. The Labute approximate surface area is 108 Å². The summed E-state index contributed by atoms with van der Waals surface area (Å²) in [6, 6.07) is -0.124. The van der Waals surface area contributed by atoms with Gasteiger partial charge in [-0.05, 0) is 19.4 Å². The smallest absolute Gasteiger partial charge is 0.241 e. The van der Waals surface area contributed by atoms with Crippen LogP contribution >= 0.6 is 12.4 Å². The molecule has 100 valence electrons. The highest BCUT2D eigenvalue weighted by Gasteiger charge is 2.52. The number of amides is 1. The Balaban J connectivity index is 0.00000144. The summed E-state index contributed by atoms with van der Waals surface area (Å²) < 4.78 is 24.3. The molecule has 3 atom stereocenters. The summed E-state index contributed by atoms with van der Waals surface area (Å²) in [5, 5.41) is 3.26. The van der Waals surface area contributed by atoms with E-state index in [1.54, 1.807) is 0 Å². The lowest BCUT2D eigenvalue weighted by Crippen LogP contribution is -2.39.